The zero-order valence-corrected chi connectivity index (χ0v) is 21.1. The SMILES string of the molecule is CCOc1cc2occ(-c3ccc(C)cc3C)c2cc1/C(C)=C/C(=O)Nc1ccc(C(=O)OC)cc1. The molecule has 4 rings (SSSR count). The Hall–Kier alpha value is -4.32. The fourth-order valence-corrected chi connectivity index (χ4v) is 4.22. The number of methoxy groups -OCH3 is 1. The molecule has 0 spiro atoms. The Kier molecular flexibility index (Phi) is 7.25. The lowest BCUT2D eigenvalue weighted by molar-refractivity contribution is -0.111. The molecule has 184 valence electrons. The number of nitrogens with one attached hydrogen (secondary N) is 1. The van der Waals surface area contributed by atoms with Gasteiger partial charge in [-0.1, -0.05) is 23.8 Å². The molecule has 0 fully saturated rings. The van der Waals surface area contributed by atoms with Crippen molar-refractivity contribution in [3.05, 3.63) is 89.2 Å². The molecule has 0 saturated heterocycles. The van der Waals surface area contributed by atoms with Crippen molar-refractivity contribution in [2.24, 2.45) is 0 Å². The van der Waals surface area contributed by atoms with Crippen LogP contribution in [0, 0.1) is 13.8 Å². The van der Waals surface area contributed by atoms with Gasteiger partial charge in [0, 0.05) is 34.3 Å². The average Bonchev–Trinajstić information content (AvgIpc) is 3.26. The van der Waals surface area contributed by atoms with Crippen LogP contribution in [0.25, 0.3) is 27.7 Å². The van der Waals surface area contributed by atoms with Crippen LogP contribution >= 0.6 is 0 Å². The molecule has 0 unspecified atom stereocenters. The lowest BCUT2D eigenvalue weighted by Gasteiger charge is -2.12. The van der Waals surface area contributed by atoms with Crippen LogP contribution in [0.15, 0.2) is 71.4 Å². The topological polar surface area (TPSA) is 77.8 Å². The van der Waals surface area contributed by atoms with Crippen LogP contribution in [-0.4, -0.2) is 25.6 Å². The van der Waals surface area contributed by atoms with E-state index in [4.69, 9.17) is 13.9 Å². The molecule has 0 radical (unpaired) electrons. The molecule has 0 atom stereocenters. The summed E-state index contributed by atoms with van der Waals surface area (Å²) in [6.07, 6.45) is 3.31. The molecule has 4 aromatic rings. The number of hydrogen-bond acceptors (Lipinski definition) is 5. The molecule has 0 aliphatic heterocycles. The van der Waals surface area contributed by atoms with E-state index in [0.29, 0.717) is 23.6 Å². The third-order valence-electron chi connectivity index (χ3n) is 5.99. The highest BCUT2D eigenvalue weighted by atomic mass is 16.5. The summed E-state index contributed by atoms with van der Waals surface area (Å²) in [6, 6.07) is 16.8. The van der Waals surface area contributed by atoms with Gasteiger partial charge in [-0.05, 0) is 74.7 Å². The molecular weight excluding hydrogens is 454 g/mol. The highest BCUT2D eigenvalue weighted by Gasteiger charge is 2.16. The van der Waals surface area contributed by atoms with Crippen LogP contribution in [0.1, 0.15) is 40.9 Å². The van der Waals surface area contributed by atoms with Gasteiger partial charge in [-0.3, -0.25) is 4.79 Å². The van der Waals surface area contributed by atoms with Crippen molar-refractivity contribution in [1.82, 2.24) is 0 Å². The molecule has 6 heteroatoms. The Morgan fingerprint density at radius 2 is 1.75 bits per heavy atom. The van der Waals surface area contributed by atoms with Crippen LogP contribution in [0.5, 0.6) is 5.75 Å². The molecule has 1 aromatic heterocycles. The minimum atomic E-state index is -0.429. The summed E-state index contributed by atoms with van der Waals surface area (Å²) >= 11 is 0. The van der Waals surface area contributed by atoms with E-state index in [0.717, 1.165) is 38.8 Å². The summed E-state index contributed by atoms with van der Waals surface area (Å²) in [5.74, 6) is -0.0694. The first-order chi connectivity index (χ1) is 17.3. The van der Waals surface area contributed by atoms with E-state index in [1.54, 1.807) is 30.5 Å². The van der Waals surface area contributed by atoms with E-state index >= 15 is 0 Å². The van der Waals surface area contributed by atoms with Gasteiger partial charge in [-0.2, -0.15) is 0 Å². The number of furan rings is 1. The van der Waals surface area contributed by atoms with Crippen molar-refractivity contribution < 1.29 is 23.5 Å². The predicted octanol–water partition coefficient (Wildman–Crippen LogP) is 6.94. The number of amides is 1. The summed E-state index contributed by atoms with van der Waals surface area (Å²) in [5, 5.41) is 3.78. The van der Waals surface area contributed by atoms with Crippen molar-refractivity contribution in [2.75, 3.05) is 19.0 Å². The molecule has 0 aliphatic carbocycles. The van der Waals surface area contributed by atoms with Crippen molar-refractivity contribution in [3.8, 4) is 16.9 Å². The number of fused-ring (bicyclic) bond motifs is 1. The second kappa shape index (κ2) is 10.5. The quantitative estimate of drug-likeness (QED) is 0.227. The number of ether oxygens (including phenoxy) is 2. The maximum Gasteiger partial charge on any atom is 0.337 e. The van der Waals surface area contributed by atoms with Gasteiger partial charge in [0.15, 0.2) is 0 Å². The lowest BCUT2D eigenvalue weighted by atomic mass is 9.96. The molecule has 3 aromatic carbocycles. The monoisotopic (exact) mass is 483 g/mol. The minimum Gasteiger partial charge on any atom is -0.493 e. The number of rotatable bonds is 7. The number of carbonyl (C=O) groups is 2. The summed E-state index contributed by atoms with van der Waals surface area (Å²) < 4.78 is 16.5. The summed E-state index contributed by atoms with van der Waals surface area (Å²) in [6.45, 7) is 8.43. The second-order valence-electron chi connectivity index (χ2n) is 8.63. The highest BCUT2D eigenvalue weighted by molar-refractivity contribution is 6.05. The Bertz CT molecular complexity index is 1460. The smallest absolute Gasteiger partial charge is 0.337 e. The fourth-order valence-electron chi connectivity index (χ4n) is 4.22. The molecule has 0 saturated carbocycles. The Labute approximate surface area is 210 Å². The number of hydrogen-bond donors (Lipinski definition) is 1. The summed E-state index contributed by atoms with van der Waals surface area (Å²) in [7, 11) is 1.33. The van der Waals surface area contributed by atoms with Crippen LogP contribution in [0.2, 0.25) is 0 Å². The maximum atomic E-state index is 12.8. The van der Waals surface area contributed by atoms with Crippen LogP contribution < -0.4 is 10.1 Å². The number of esters is 1. The van der Waals surface area contributed by atoms with E-state index < -0.39 is 5.97 Å². The largest absolute Gasteiger partial charge is 0.493 e. The van der Waals surface area contributed by atoms with E-state index in [1.807, 2.05) is 26.0 Å². The van der Waals surface area contributed by atoms with Crippen LogP contribution in [0.4, 0.5) is 5.69 Å². The number of allylic oxidation sites excluding steroid dienone is 1. The molecule has 0 aliphatic rings. The van der Waals surface area contributed by atoms with E-state index in [9.17, 15) is 9.59 Å². The first kappa shape index (κ1) is 24.8. The predicted molar refractivity (Wildman–Crippen MR) is 142 cm³/mol. The minimum absolute atomic E-state index is 0.289. The first-order valence-electron chi connectivity index (χ1n) is 11.7. The van der Waals surface area contributed by atoms with Crippen molar-refractivity contribution in [3.63, 3.8) is 0 Å². The van der Waals surface area contributed by atoms with Gasteiger partial charge in [0.1, 0.15) is 11.3 Å². The van der Waals surface area contributed by atoms with Crippen molar-refractivity contribution >= 4 is 34.1 Å². The van der Waals surface area contributed by atoms with Gasteiger partial charge < -0.3 is 19.2 Å². The Balaban J connectivity index is 1.67. The first-order valence-corrected chi connectivity index (χ1v) is 11.7. The standard InChI is InChI=1S/C30H29NO5/c1-6-35-27-16-28-25(26(17-36-28)23-12-7-18(2)13-19(23)3)15-24(27)20(4)14-29(32)31-22-10-8-21(9-11-22)30(33)34-5/h7-17H,6H2,1-5H3,(H,31,32)/b20-14+. The third-order valence-corrected chi connectivity index (χ3v) is 5.99. The Morgan fingerprint density at radius 1 is 1.00 bits per heavy atom. The third kappa shape index (κ3) is 5.18. The summed E-state index contributed by atoms with van der Waals surface area (Å²) in [4.78, 5) is 24.4. The molecule has 0 bridgehead atoms. The average molecular weight is 484 g/mol. The number of carbonyl (C=O) groups excluding carboxylic acids is 2. The van der Waals surface area contributed by atoms with Gasteiger partial charge in [0.05, 0.1) is 25.5 Å². The fraction of sp³-hybridized carbons (Fsp3) is 0.200. The zero-order valence-electron chi connectivity index (χ0n) is 21.1. The molecule has 6 nitrogen and oxygen atoms in total. The molecule has 1 N–H and O–H groups in total. The van der Waals surface area contributed by atoms with Gasteiger partial charge in [0.25, 0.3) is 0 Å². The van der Waals surface area contributed by atoms with Gasteiger partial charge in [-0.25, -0.2) is 4.79 Å². The van der Waals surface area contributed by atoms with E-state index in [1.165, 1.54) is 18.7 Å². The number of anilines is 1. The lowest BCUT2D eigenvalue weighted by Crippen LogP contribution is -2.09. The second-order valence-corrected chi connectivity index (χ2v) is 8.63. The van der Waals surface area contributed by atoms with Crippen LogP contribution in [0.3, 0.4) is 0 Å². The zero-order chi connectivity index (χ0) is 25.8. The van der Waals surface area contributed by atoms with Crippen molar-refractivity contribution in [2.45, 2.75) is 27.7 Å². The summed E-state index contributed by atoms with van der Waals surface area (Å²) in [5.41, 5.74) is 7.73. The number of benzene rings is 3. The highest BCUT2D eigenvalue weighted by Crippen LogP contribution is 2.38. The van der Waals surface area contributed by atoms with Gasteiger partial charge in [0.2, 0.25) is 5.91 Å². The van der Waals surface area contributed by atoms with Crippen LogP contribution in [-0.2, 0) is 9.53 Å². The Morgan fingerprint density at radius 3 is 2.42 bits per heavy atom. The van der Waals surface area contributed by atoms with Gasteiger partial charge in [-0.15, -0.1) is 0 Å². The maximum absolute atomic E-state index is 12.8. The van der Waals surface area contributed by atoms with Crippen molar-refractivity contribution in [1.29, 1.82) is 0 Å². The van der Waals surface area contributed by atoms with Gasteiger partial charge >= 0.3 is 5.97 Å². The van der Waals surface area contributed by atoms with E-state index in [2.05, 4.69) is 37.4 Å². The number of aryl methyl sites for hydroxylation is 2. The molecular formula is C30H29NO5. The van der Waals surface area contributed by atoms with E-state index in [-0.39, 0.29) is 5.91 Å². The molecule has 36 heavy (non-hydrogen) atoms. The molecule has 1 amide bonds. The molecule has 1 heterocycles. The normalized spacial score (nSPS) is 11.4.